The highest BCUT2D eigenvalue weighted by molar-refractivity contribution is 9.10. The number of hydrogen-bond donors (Lipinski definition) is 0. The number of aryl methyl sites for hydroxylation is 1. The number of benzene rings is 2. The summed E-state index contributed by atoms with van der Waals surface area (Å²) >= 11 is 9.68. The highest BCUT2D eigenvalue weighted by atomic mass is 79.9. The van der Waals surface area contributed by atoms with Crippen LogP contribution in [0.4, 0.5) is 5.69 Å². The van der Waals surface area contributed by atoms with Crippen molar-refractivity contribution in [3.8, 4) is 0 Å². The molecular formula is C31H28BrClN2O8S. The van der Waals surface area contributed by atoms with Gasteiger partial charge >= 0.3 is 5.97 Å². The number of fused-ring (bicyclic) bond motifs is 1. The van der Waals surface area contributed by atoms with E-state index in [0.29, 0.717) is 43.2 Å². The molecule has 0 aliphatic heterocycles. The fourth-order valence-electron chi connectivity index (χ4n) is 4.86. The Balaban J connectivity index is 1.54. The molecule has 3 heterocycles. The topological polar surface area (TPSA) is 123 Å². The van der Waals surface area contributed by atoms with Gasteiger partial charge in [-0.15, -0.1) is 0 Å². The summed E-state index contributed by atoms with van der Waals surface area (Å²) in [6.07, 6.45) is 1.40. The number of halogens is 2. The minimum atomic E-state index is -4.14. The Bertz CT molecular complexity index is 1930. The van der Waals surface area contributed by atoms with Crippen molar-refractivity contribution >= 4 is 66.1 Å². The summed E-state index contributed by atoms with van der Waals surface area (Å²) in [5, 5.41) is 0.839. The van der Waals surface area contributed by atoms with Crippen LogP contribution in [0, 0.1) is 6.92 Å². The van der Waals surface area contributed by atoms with E-state index in [1.54, 1.807) is 63.2 Å². The molecule has 10 nitrogen and oxygen atoms in total. The second-order valence-electron chi connectivity index (χ2n) is 9.72. The van der Waals surface area contributed by atoms with E-state index < -0.39 is 21.9 Å². The lowest BCUT2D eigenvalue weighted by Crippen LogP contribution is -2.34. The molecule has 0 radical (unpaired) electrons. The van der Waals surface area contributed by atoms with Crippen molar-refractivity contribution in [2.24, 2.45) is 0 Å². The fourth-order valence-corrected chi connectivity index (χ4v) is 6.93. The van der Waals surface area contributed by atoms with Gasteiger partial charge in [-0.25, -0.2) is 13.2 Å². The third kappa shape index (κ3) is 6.28. The maximum absolute atomic E-state index is 14.2. The zero-order valence-corrected chi connectivity index (χ0v) is 27.2. The summed E-state index contributed by atoms with van der Waals surface area (Å²) in [7, 11) is -4.14. The molecule has 0 fully saturated rings. The molecule has 2 aromatic carbocycles. The number of esters is 1. The molecule has 230 valence electrons. The number of carbonyl (C=O) groups excluding carboxylic acids is 2. The van der Waals surface area contributed by atoms with E-state index >= 15 is 0 Å². The standard InChI is InChI=1S/C31H28BrClN2O8S/c1-4-35(44(38,39)23-10-12-26-24(16-23)19(3)29(43-26)31(37)40-5-2)25-11-8-21(33)15-20(25)17-34(18-22-9-13-28(32)42-22)30(36)27-7-6-14-41-27/h6-16H,4-5,17-18H2,1-3H3. The molecule has 1 amide bonds. The summed E-state index contributed by atoms with van der Waals surface area (Å²) in [5.41, 5.74) is 1.66. The third-order valence-corrected chi connectivity index (χ3v) is 9.46. The molecule has 0 aliphatic rings. The Labute approximate surface area is 267 Å². The van der Waals surface area contributed by atoms with Crippen molar-refractivity contribution in [3.63, 3.8) is 0 Å². The number of ether oxygens (including phenoxy) is 1. The zero-order chi connectivity index (χ0) is 31.6. The number of rotatable bonds is 11. The predicted molar refractivity (Wildman–Crippen MR) is 167 cm³/mol. The molecule has 0 unspecified atom stereocenters. The Morgan fingerprint density at radius 3 is 2.45 bits per heavy atom. The van der Waals surface area contributed by atoms with Gasteiger partial charge in [0.15, 0.2) is 10.4 Å². The minimum absolute atomic E-state index is 0.00369. The van der Waals surface area contributed by atoms with E-state index in [-0.39, 0.29) is 42.7 Å². The van der Waals surface area contributed by atoms with E-state index in [9.17, 15) is 18.0 Å². The van der Waals surface area contributed by atoms with Crippen LogP contribution in [0.5, 0.6) is 0 Å². The summed E-state index contributed by atoms with van der Waals surface area (Å²) in [6.45, 7) is 5.39. The monoisotopic (exact) mass is 702 g/mol. The Morgan fingerprint density at radius 2 is 1.80 bits per heavy atom. The van der Waals surface area contributed by atoms with Gasteiger partial charge in [0.1, 0.15) is 11.3 Å². The number of hydrogen-bond acceptors (Lipinski definition) is 8. The summed E-state index contributed by atoms with van der Waals surface area (Å²) in [4.78, 5) is 27.3. The average molecular weight is 704 g/mol. The maximum Gasteiger partial charge on any atom is 0.374 e. The van der Waals surface area contributed by atoms with Crippen molar-refractivity contribution < 1.29 is 36.0 Å². The first-order chi connectivity index (χ1) is 21.0. The van der Waals surface area contributed by atoms with Gasteiger partial charge < -0.3 is 22.9 Å². The molecular weight excluding hydrogens is 676 g/mol. The van der Waals surface area contributed by atoms with Gasteiger partial charge in [-0.05, 0) is 103 Å². The highest BCUT2D eigenvalue weighted by Gasteiger charge is 2.29. The molecule has 13 heteroatoms. The van der Waals surface area contributed by atoms with Gasteiger partial charge in [0.2, 0.25) is 5.76 Å². The first-order valence-electron chi connectivity index (χ1n) is 13.6. The molecule has 0 spiro atoms. The van der Waals surface area contributed by atoms with Crippen LogP contribution in [0.2, 0.25) is 5.02 Å². The lowest BCUT2D eigenvalue weighted by Gasteiger charge is -2.28. The number of anilines is 1. The van der Waals surface area contributed by atoms with Crippen LogP contribution < -0.4 is 4.31 Å². The van der Waals surface area contributed by atoms with E-state index in [2.05, 4.69) is 15.9 Å². The molecule has 0 aliphatic carbocycles. The molecule has 3 aromatic heterocycles. The average Bonchev–Trinajstić information content (AvgIpc) is 3.75. The number of nitrogens with zero attached hydrogens (tertiary/aromatic N) is 2. The number of amides is 1. The smallest absolute Gasteiger partial charge is 0.374 e. The number of furan rings is 3. The largest absolute Gasteiger partial charge is 0.460 e. The molecule has 0 saturated carbocycles. The predicted octanol–water partition coefficient (Wildman–Crippen LogP) is 7.58. The van der Waals surface area contributed by atoms with Gasteiger partial charge in [0.25, 0.3) is 15.9 Å². The Hall–Kier alpha value is -4.00. The first-order valence-corrected chi connectivity index (χ1v) is 16.2. The molecule has 0 bridgehead atoms. The van der Waals surface area contributed by atoms with Crippen molar-refractivity contribution in [2.75, 3.05) is 17.5 Å². The number of sulfonamides is 1. The van der Waals surface area contributed by atoms with Gasteiger partial charge in [-0.3, -0.25) is 9.10 Å². The van der Waals surface area contributed by atoms with E-state index in [4.69, 9.17) is 29.6 Å². The van der Waals surface area contributed by atoms with Crippen molar-refractivity contribution in [2.45, 2.75) is 38.8 Å². The maximum atomic E-state index is 14.2. The molecule has 0 N–H and O–H groups in total. The van der Waals surface area contributed by atoms with E-state index in [1.807, 2.05) is 0 Å². The van der Waals surface area contributed by atoms with Crippen molar-refractivity contribution in [3.05, 3.63) is 105 Å². The molecule has 44 heavy (non-hydrogen) atoms. The summed E-state index contributed by atoms with van der Waals surface area (Å²) in [5.74, 6) is -0.398. The van der Waals surface area contributed by atoms with E-state index in [1.165, 1.54) is 33.7 Å². The zero-order valence-electron chi connectivity index (χ0n) is 24.0. The van der Waals surface area contributed by atoms with Crippen molar-refractivity contribution in [1.82, 2.24) is 4.90 Å². The lowest BCUT2D eigenvalue weighted by molar-refractivity contribution is 0.0491. The third-order valence-electron chi connectivity index (χ3n) is 6.91. The van der Waals surface area contributed by atoms with E-state index in [0.717, 1.165) is 0 Å². The van der Waals surface area contributed by atoms with Gasteiger partial charge in [-0.1, -0.05) is 11.6 Å². The second kappa shape index (κ2) is 12.9. The van der Waals surface area contributed by atoms with Crippen molar-refractivity contribution in [1.29, 1.82) is 0 Å². The molecule has 0 saturated heterocycles. The minimum Gasteiger partial charge on any atom is -0.460 e. The fraction of sp³-hybridized carbons (Fsp3) is 0.226. The van der Waals surface area contributed by atoms with Crippen LogP contribution in [-0.4, -0.2) is 38.3 Å². The highest BCUT2D eigenvalue weighted by Crippen LogP contribution is 2.34. The summed E-state index contributed by atoms with van der Waals surface area (Å²) < 4.78 is 51.8. The second-order valence-corrected chi connectivity index (χ2v) is 12.8. The molecule has 5 aromatic rings. The van der Waals surface area contributed by atoms with Crippen LogP contribution in [0.3, 0.4) is 0 Å². The molecule has 5 rings (SSSR count). The Kier molecular flexibility index (Phi) is 9.23. The first kappa shape index (κ1) is 31.4. The van der Waals surface area contributed by atoms with Crippen LogP contribution in [0.15, 0.2) is 89.7 Å². The van der Waals surface area contributed by atoms with Crippen LogP contribution in [0.1, 0.15) is 51.8 Å². The van der Waals surface area contributed by atoms with Crippen LogP contribution in [0.25, 0.3) is 11.0 Å². The van der Waals surface area contributed by atoms with Crippen LogP contribution in [-0.2, 0) is 27.8 Å². The number of carbonyl (C=O) groups is 2. The van der Waals surface area contributed by atoms with Gasteiger partial charge in [0.05, 0.1) is 30.0 Å². The van der Waals surface area contributed by atoms with Crippen LogP contribution >= 0.6 is 27.5 Å². The van der Waals surface area contributed by atoms with Gasteiger partial charge in [0, 0.05) is 29.1 Å². The SMILES string of the molecule is CCOC(=O)c1oc2ccc(S(=O)(=O)N(CC)c3ccc(Cl)cc3CN(Cc3ccc(Br)o3)C(=O)c3ccco3)cc2c1C. The lowest BCUT2D eigenvalue weighted by atomic mass is 10.1. The normalized spacial score (nSPS) is 11.6. The van der Waals surface area contributed by atoms with Gasteiger partial charge in [-0.2, -0.15) is 0 Å². The Morgan fingerprint density at radius 1 is 1.00 bits per heavy atom. The quantitative estimate of drug-likeness (QED) is 0.129. The summed E-state index contributed by atoms with van der Waals surface area (Å²) in [6, 6.07) is 15.9. The molecule has 0 atom stereocenters.